The maximum absolute atomic E-state index is 12.1. The number of phenols is 3. The van der Waals surface area contributed by atoms with Gasteiger partial charge in [0.2, 0.25) is 0 Å². The van der Waals surface area contributed by atoms with Crippen LogP contribution in [0.5, 0.6) is 51.7 Å². The summed E-state index contributed by atoms with van der Waals surface area (Å²) in [5.74, 6) is 4.56. The van der Waals surface area contributed by atoms with Crippen molar-refractivity contribution in [1.82, 2.24) is 0 Å². The number of nitrogens with zero attached hydrogens (tertiary/aromatic N) is 1. The smallest absolute Gasteiger partial charge is 0.269 e. The predicted octanol–water partition coefficient (Wildman–Crippen LogP) is 16.2. The number of nitrogens with two attached hydrogens (primary N) is 3. The number of nitrogen functional groups attached to an aromatic ring is 3. The molecule has 0 aliphatic heterocycles. The van der Waals surface area contributed by atoms with Crippen molar-refractivity contribution < 1.29 is 41.7 Å². The highest BCUT2D eigenvalue weighted by atomic mass is 19.1. The summed E-state index contributed by atoms with van der Waals surface area (Å²) in [6.45, 7) is 4.30. The van der Waals surface area contributed by atoms with E-state index in [-0.39, 0.29) is 33.2 Å². The number of ether oxygens (including phenoxy) is 3. The van der Waals surface area contributed by atoms with Gasteiger partial charge in [-0.3, -0.25) is 10.1 Å². The minimum Gasteiger partial charge on any atom is -0.508 e. The molecule has 0 aliphatic carbocycles. The topological polar surface area (TPSA) is 210 Å². The number of hydrogen-bond donors (Lipinski definition) is 6. The lowest BCUT2D eigenvalue weighted by Crippen LogP contribution is -2.25. The van der Waals surface area contributed by atoms with Gasteiger partial charge >= 0.3 is 0 Å². The fourth-order valence-corrected chi connectivity index (χ4v) is 8.53. The molecule has 0 fully saturated rings. The summed E-state index contributed by atoms with van der Waals surface area (Å²) in [6.07, 6.45) is 0. The molecule has 0 spiro atoms. The van der Waals surface area contributed by atoms with Gasteiger partial charge in [-0.15, -0.1) is 0 Å². The van der Waals surface area contributed by atoms with E-state index in [1.807, 2.05) is 146 Å². The molecule has 13 heteroatoms. The van der Waals surface area contributed by atoms with E-state index in [0.29, 0.717) is 17.1 Å². The number of benzene rings is 10. The Hall–Kier alpha value is -10.3. The fourth-order valence-electron chi connectivity index (χ4n) is 8.53. The summed E-state index contributed by atoms with van der Waals surface area (Å²) in [5.41, 5.74) is 24.8. The predicted molar refractivity (Wildman–Crippen MR) is 312 cm³/mol. The largest absolute Gasteiger partial charge is 0.508 e. The Labute approximate surface area is 455 Å². The first-order valence-electron chi connectivity index (χ1n) is 24.3. The van der Waals surface area contributed by atoms with E-state index in [4.69, 9.17) is 31.4 Å². The average Bonchev–Trinajstić information content (AvgIpc) is 3.45. The molecule has 0 saturated carbocycles. The van der Waals surface area contributed by atoms with Gasteiger partial charge in [-0.25, -0.2) is 4.39 Å². The van der Waals surface area contributed by atoms with Gasteiger partial charge in [0.1, 0.15) is 57.6 Å². The van der Waals surface area contributed by atoms with E-state index >= 15 is 0 Å². The molecule has 0 bridgehead atoms. The van der Waals surface area contributed by atoms with Crippen LogP contribution in [0.1, 0.15) is 57.5 Å². The lowest BCUT2D eigenvalue weighted by atomic mass is 9.71. The first-order valence-corrected chi connectivity index (χ1v) is 24.3. The zero-order valence-electron chi connectivity index (χ0n) is 42.0. The number of halogens is 1. The van der Waals surface area contributed by atoms with Crippen molar-refractivity contribution in [3.8, 4) is 51.7 Å². The molecule has 0 radical (unpaired) electrons. The van der Waals surface area contributed by atoms with Gasteiger partial charge in [0, 0.05) is 42.9 Å². The number of aromatic hydroxyl groups is 3. The zero-order chi connectivity index (χ0) is 54.5. The molecule has 0 atom stereocenters. The summed E-state index contributed by atoms with van der Waals surface area (Å²) in [4.78, 5) is 9.43. The lowest BCUT2D eigenvalue weighted by Gasteiger charge is -2.32. The number of hydrogen-bond acceptors (Lipinski definition) is 11. The molecular weight excluding hydrogens is 984 g/mol. The number of nitro benzene ring substituents is 1. The third-order valence-corrected chi connectivity index (χ3v) is 13.0. The third kappa shape index (κ3) is 13.7. The molecule has 0 unspecified atom stereocenters. The van der Waals surface area contributed by atoms with E-state index in [9.17, 15) is 29.8 Å². The maximum Gasteiger partial charge on any atom is 0.269 e. The highest BCUT2D eigenvalue weighted by Crippen LogP contribution is 2.43. The van der Waals surface area contributed by atoms with Crippen molar-refractivity contribution in [2.75, 3.05) is 17.2 Å². The minimum absolute atomic E-state index is 0. The normalized spacial score (nSPS) is 10.8. The molecule has 398 valence electrons. The minimum atomic E-state index is -0.570. The van der Waals surface area contributed by atoms with Crippen LogP contribution in [0.2, 0.25) is 0 Å². The molecule has 12 nitrogen and oxygen atoms in total. The van der Waals surface area contributed by atoms with Crippen LogP contribution in [-0.2, 0) is 10.8 Å². The van der Waals surface area contributed by atoms with Crippen molar-refractivity contribution in [1.29, 1.82) is 0 Å². The zero-order valence-corrected chi connectivity index (χ0v) is 42.0. The summed E-state index contributed by atoms with van der Waals surface area (Å²) >= 11 is 0. The number of phenolic OH excluding ortho intramolecular Hbond substituents is 3. The first kappa shape index (κ1) is 55.5. The van der Waals surface area contributed by atoms with Crippen LogP contribution < -0.4 is 31.4 Å². The van der Waals surface area contributed by atoms with Gasteiger partial charge in [-0.1, -0.05) is 80.2 Å². The number of non-ortho nitro benzene ring substituents is 1. The van der Waals surface area contributed by atoms with Crippen molar-refractivity contribution in [2.45, 2.75) is 32.1 Å². The van der Waals surface area contributed by atoms with Crippen molar-refractivity contribution >= 4 is 22.7 Å². The van der Waals surface area contributed by atoms with E-state index in [1.54, 1.807) is 36.4 Å². The lowest BCUT2D eigenvalue weighted by molar-refractivity contribution is -0.384. The number of nitro groups is 1. The molecule has 10 aromatic rings. The molecule has 0 aromatic heterocycles. The highest BCUT2D eigenvalue weighted by Gasteiger charge is 2.33. The molecule has 9 N–H and O–H groups in total. The highest BCUT2D eigenvalue weighted by molar-refractivity contribution is 5.55. The van der Waals surface area contributed by atoms with Crippen molar-refractivity contribution in [2.24, 2.45) is 0 Å². The van der Waals surface area contributed by atoms with Gasteiger partial charge in [-0.05, 0) is 205 Å². The third-order valence-electron chi connectivity index (χ3n) is 13.0. The van der Waals surface area contributed by atoms with Crippen LogP contribution >= 0.6 is 0 Å². The van der Waals surface area contributed by atoms with Gasteiger partial charge in [-0.2, -0.15) is 0 Å². The summed E-state index contributed by atoms with van der Waals surface area (Å²) in [7, 11) is 0. The second-order valence-corrected chi connectivity index (χ2v) is 18.2. The molecule has 0 amide bonds. The second-order valence-electron chi connectivity index (χ2n) is 18.2. The van der Waals surface area contributed by atoms with Gasteiger partial charge in [0.25, 0.3) is 5.69 Å². The van der Waals surface area contributed by atoms with E-state index in [2.05, 4.69) is 50.2 Å². The Morgan fingerprint density at radius 3 is 0.769 bits per heavy atom. The van der Waals surface area contributed by atoms with E-state index in [1.165, 1.54) is 0 Å². The van der Waals surface area contributed by atoms with Crippen LogP contribution in [0.3, 0.4) is 0 Å². The SMILES string of the molecule is C.CC(c1ccc(O)cc1)(c1ccc(O)cc1)c1ccc(O)cc1.CC(c1ccc(Oc2ccc(N)cc2)cc1)(c1ccc(Oc2ccc(N)cc2)cc1)c1ccc(Oc2ccc(N)cc2)cc1.O=[N+]([O-])c1ccc(F)cc1.[HH].[HH]. The second kappa shape index (κ2) is 24.8. The van der Waals surface area contributed by atoms with Crippen molar-refractivity contribution in [3.63, 3.8) is 0 Å². The van der Waals surface area contributed by atoms with Crippen LogP contribution in [0.15, 0.2) is 243 Å². The Kier molecular flexibility index (Phi) is 17.7. The van der Waals surface area contributed by atoms with Crippen molar-refractivity contribution in [3.05, 3.63) is 292 Å². The van der Waals surface area contributed by atoms with Gasteiger partial charge < -0.3 is 46.7 Å². The summed E-state index contributed by atoms with van der Waals surface area (Å²) < 4.78 is 30.3. The Morgan fingerprint density at radius 2 is 0.564 bits per heavy atom. The van der Waals surface area contributed by atoms with Crippen LogP contribution in [0.4, 0.5) is 27.1 Å². The maximum atomic E-state index is 12.1. The monoisotopic (exact) mass is 1050 g/mol. The van der Waals surface area contributed by atoms with Gasteiger partial charge in [0.05, 0.1) is 4.92 Å². The van der Waals surface area contributed by atoms with Crippen LogP contribution in [0, 0.1) is 15.9 Å². The molecule has 0 saturated heterocycles. The Balaban J connectivity index is 0.000000272. The summed E-state index contributed by atoms with van der Waals surface area (Å²) in [6, 6.07) is 72.2. The number of rotatable bonds is 13. The Bertz CT molecular complexity index is 3180. The van der Waals surface area contributed by atoms with Crippen LogP contribution in [0.25, 0.3) is 0 Å². The first-order chi connectivity index (χ1) is 37.0. The summed E-state index contributed by atoms with van der Waals surface area (Å²) in [5, 5.41) is 38.7. The molecule has 0 aliphatic rings. The quantitative estimate of drug-likeness (QED) is 0.0277. The fraction of sp³-hybridized carbons (Fsp3) is 0.0769. The average molecular weight is 1050 g/mol. The standard InChI is InChI=1S/C38H33N3O3.C20H18O3.C6H4FNO2.CH4.2H2/c1-38(26-2-14-32(15-3-26)42-35-20-8-29(39)9-21-35,27-4-16-33(17-5-27)43-36-22-10-30(40)11-23-36)28-6-18-34(19-7-28)44-37-24-12-31(41)13-25-37;1-20(14-2-8-17(21)9-3-14,15-4-10-18(22)11-5-15)16-6-12-19(23)13-7-16;7-5-1-3-6(4-2-5)8(9)10;;;/h2-25H,39-41H2,1H3;2-13,21-23H,1H3;1-4H;1H4;2*1H. The molecule has 10 aromatic carbocycles. The van der Waals surface area contributed by atoms with Gasteiger partial charge in [0.15, 0.2) is 0 Å². The molecule has 78 heavy (non-hydrogen) atoms. The molecular formula is C65H63FN4O8. The number of anilines is 3. The van der Waals surface area contributed by atoms with E-state index in [0.717, 1.165) is 92.1 Å². The van der Waals surface area contributed by atoms with Crippen LogP contribution in [-0.4, -0.2) is 20.2 Å². The van der Waals surface area contributed by atoms with E-state index < -0.39 is 21.6 Å². The molecule has 0 heterocycles. The molecule has 10 rings (SSSR count). The Morgan fingerprint density at radius 1 is 0.372 bits per heavy atom.